The van der Waals surface area contributed by atoms with Crippen LogP contribution >= 0.6 is 12.2 Å². The van der Waals surface area contributed by atoms with Crippen molar-refractivity contribution in [1.29, 1.82) is 0 Å². The molecule has 0 aliphatic carbocycles. The van der Waals surface area contributed by atoms with E-state index >= 15 is 0 Å². The van der Waals surface area contributed by atoms with Crippen molar-refractivity contribution in [3.05, 3.63) is 54.0 Å². The van der Waals surface area contributed by atoms with Gasteiger partial charge in [-0.25, -0.2) is 4.98 Å². The van der Waals surface area contributed by atoms with Crippen LogP contribution in [-0.2, 0) is 6.54 Å². The minimum atomic E-state index is 0.551. The second-order valence-electron chi connectivity index (χ2n) is 3.89. The average Bonchev–Trinajstić information content (AvgIpc) is 2.40. The molecule has 0 radical (unpaired) electrons. The van der Waals surface area contributed by atoms with Gasteiger partial charge in [0, 0.05) is 25.1 Å². The first kappa shape index (κ1) is 12.4. The number of aromatic nitrogens is 2. The first-order chi connectivity index (χ1) is 8.74. The number of aryl methyl sites for hydroxylation is 1. The van der Waals surface area contributed by atoms with Crippen molar-refractivity contribution in [2.45, 2.75) is 13.5 Å². The summed E-state index contributed by atoms with van der Waals surface area (Å²) in [4.78, 5) is 8.26. The summed E-state index contributed by atoms with van der Waals surface area (Å²) >= 11 is 5.19. The van der Waals surface area contributed by atoms with Gasteiger partial charge in [0.2, 0.25) is 0 Å². The van der Waals surface area contributed by atoms with E-state index in [0.29, 0.717) is 11.7 Å². The van der Waals surface area contributed by atoms with Gasteiger partial charge in [-0.15, -0.1) is 0 Å². The summed E-state index contributed by atoms with van der Waals surface area (Å²) in [7, 11) is 0. The molecule has 0 aromatic carbocycles. The van der Waals surface area contributed by atoms with E-state index in [1.54, 1.807) is 18.6 Å². The molecule has 2 aromatic rings. The van der Waals surface area contributed by atoms with Crippen molar-refractivity contribution < 1.29 is 0 Å². The van der Waals surface area contributed by atoms with Crippen LogP contribution in [0.5, 0.6) is 0 Å². The number of nitrogens with one attached hydrogen (secondary N) is 2. The second-order valence-corrected chi connectivity index (χ2v) is 4.30. The van der Waals surface area contributed by atoms with Crippen LogP contribution in [0.4, 0.5) is 5.82 Å². The Morgan fingerprint density at radius 3 is 2.83 bits per heavy atom. The zero-order valence-corrected chi connectivity index (χ0v) is 10.9. The first-order valence-corrected chi connectivity index (χ1v) is 6.01. The molecular formula is C13H14N4S. The maximum Gasteiger partial charge on any atom is 0.172 e. The van der Waals surface area contributed by atoms with Crippen molar-refractivity contribution in [2.24, 2.45) is 0 Å². The summed E-state index contributed by atoms with van der Waals surface area (Å²) in [5, 5.41) is 6.68. The molecule has 0 aliphatic rings. The minimum Gasteiger partial charge on any atom is -0.358 e. The third-order valence-corrected chi connectivity index (χ3v) is 2.58. The molecule has 0 saturated heterocycles. The number of nitrogens with zero attached hydrogens (tertiary/aromatic N) is 2. The maximum atomic E-state index is 5.19. The van der Waals surface area contributed by atoms with E-state index in [0.717, 1.165) is 16.9 Å². The number of pyridine rings is 2. The molecule has 18 heavy (non-hydrogen) atoms. The number of hydrogen-bond acceptors (Lipinski definition) is 3. The lowest BCUT2D eigenvalue weighted by atomic mass is 10.3. The van der Waals surface area contributed by atoms with Gasteiger partial charge in [0.05, 0.1) is 0 Å². The predicted octanol–water partition coefficient (Wildman–Crippen LogP) is 2.27. The van der Waals surface area contributed by atoms with Crippen LogP contribution in [0.25, 0.3) is 0 Å². The maximum absolute atomic E-state index is 5.19. The molecule has 92 valence electrons. The van der Waals surface area contributed by atoms with Crippen molar-refractivity contribution in [3.8, 4) is 0 Å². The van der Waals surface area contributed by atoms with Crippen LogP contribution in [-0.4, -0.2) is 15.1 Å². The van der Waals surface area contributed by atoms with Gasteiger partial charge < -0.3 is 10.6 Å². The standard InChI is InChI=1S/C13H14N4S/c1-10-4-5-12(15-7-10)17-13(18)16-9-11-3-2-6-14-8-11/h2-8H,9H2,1H3,(H2,15,16,17,18). The van der Waals surface area contributed by atoms with Gasteiger partial charge in [0.1, 0.15) is 5.82 Å². The number of anilines is 1. The van der Waals surface area contributed by atoms with Gasteiger partial charge in [0.25, 0.3) is 0 Å². The fourth-order valence-electron chi connectivity index (χ4n) is 1.39. The van der Waals surface area contributed by atoms with Crippen molar-refractivity contribution in [2.75, 3.05) is 5.32 Å². The van der Waals surface area contributed by atoms with E-state index < -0.39 is 0 Å². The molecule has 0 saturated carbocycles. The molecule has 0 unspecified atom stereocenters. The highest BCUT2D eigenvalue weighted by molar-refractivity contribution is 7.80. The van der Waals surface area contributed by atoms with Gasteiger partial charge in [0.15, 0.2) is 5.11 Å². The highest BCUT2D eigenvalue weighted by Crippen LogP contribution is 2.03. The Labute approximate surface area is 111 Å². The van der Waals surface area contributed by atoms with Crippen LogP contribution in [0.3, 0.4) is 0 Å². The quantitative estimate of drug-likeness (QED) is 0.827. The fraction of sp³-hybridized carbons (Fsp3) is 0.154. The Hall–Kier alpha value is -2.01. The molecule has 2 rings (SSSR count). The Kier molecular flexibility index (Phi) is 4.20. The molecule has 2 aromatic heterocycles. The van der Waals surface area contributed by atoms with E-state index in [1.807, 2.05) is 31.2 Å². The van der Waals surface area contributed by atoms with Crippen LogP contribution in [0, 0.1) is 6.92 Å². The lowest BCUT2D eigenvalue weighted by molar-refractivity contribution is 0.916. The van der Waals surface area contributed by atoms with E-state index in [2.05, 4.69) is 20.6 Å². The Balaban J connectivity index is 1.84. The van der Waals surface area contributed by atoms with Gasteiger partial charge in [-0.1, -0.05) is 12.1 Å². The first-order valence-electron chi connectivity index (χ1n) is 5.60. The Morgan fingerprint density at radius 2 is 2.17 bits per heavy atom. The summed E-state index contributed by atoms with van der Waals surface area (Å²) in [5.41, 5.74) is 2.20. The molecule has 0 bridgehead atoms. The van der Waals surface area contributed by atoms with Crippen LogP contribution in [0.1, 0.15) is 11.1 Å². The molecule has 0 fully saturated rings. The van der Waals surface area contributed by atoms with Gasteiger partial charge in [-0.05, 0) is 42.4 Å². The molecule has 0 atom stereocenters. The Morgan fingerprint density at radius 1 is 1.28 bits per heavy atom. The van der Waals surface area contributed by atoms with E-state index in [4.69, 9.17) is 12.2 Å². The van der Waals surface area contributed by atoms with Gasteiger partial charge >= 0.3 is 0 Å². The van der Waals surface area contributed by atoms with Crippen LogP contribution in [0.2, 0.25) is 0 Å². The molecule has 2 N–H and O–H groups in total. The molecule has 0 aliphatic heterocycles. The average molecular weight is 258 g/mol. The molecule has 0 amide bonds. The third-order valence-electron chi connectivity index (χ3n) is 2.33. The smallest absolute Gasteiger partial charge is 0.172 e. The fourth-order valence-corrected chi connectivity index (χ4v) is 1.56. The van der Waals surface area contributed by atoms with Crippen LogP contribution < -0.4 is 10.6 Å². The van der Waals surface area contributed by atoms with E-state index in [-0.39, 0.29) is 0 Å². The summed E-state index contributed by atoms with van der Waals surface area (Å²) in [6.07, 6.45) is 5.35. The molecule has 2 heterocycles. The molecular weight excluding hydrogens is 244 g/mol. The zero-order valence-electron chi connectivity index (χ0n) is 10.1. The van der Waals surface area contributed by atoms with Crippen molar-refractivity contribution in [3.63, 3.8) is 0 Å². The topological polar surface area (TPSA) is 49.8 Å². The highest BCUT2D eigenvalue weighted by atomic mass is 32.1. The van der Waals surface area contributed by atoms with Crippen molar-refractivity contribution >= 4 is 23.1 Å². The largest absolute Gasteiger partial charge is 0.358 e. The highest BCUT2D eigenvalue weighted by Gasteiger charge is 1.98. The number of rotatable bonds is 3. The predicted molar refractivity (Wildman–Crippen MR) is 76.3 cm³/mol. The zero-order chi connectivity index (χ0) is 12.8. The number of hydrogen-bond donors (Lipinski definition) is 2. The third kappa shape index (κ3) is 3.78. The van der Waals surface area contributed by atoms with E-state index in [1.165, 1.54) is 0 Å². The molecule has 5 heteroatoms. The van der Waals surface area contributed by atoms with Gasteiger partial charge in [-0.3, -0.25) is 4.98 Å². The lowest BCUT2D eigenvalue weighted by Crippen LogP contribution is -2.28. The van der Waals surface area contributed by atoms with E-state index in [9.17, 15) is 0 Å². The summed E-state index contributed by atoms with van der Waals surface area (Å²) in [6, 6.07) is 7.77. The minimum absolute atomic E-state index is 0.551. The van der Waals surface area contributed by atoms with Crippen LogP contribution in [0.15, 0.2) is 42.9 Å². The van der Waals surface area contributed by atoms with Crippen molar-refractivity contribution in [1.82, 2.24) is 15.3 Å². The SMILES string of the molecule is Cc1ccc(NC(=S)NCc2cccnc2)nc1. The van der Waals surface area contributed by atoms with Gasteiger partial charge in [-0.2, -0.15) is 0 Å². The summed E-state index contributed by atoms with van der Waals surface area (Å²) in [6.45, 7) is 2.64. The summed E-state index contributed by atoms with van der Waals surface area (Å²) < 4.78 is 0. The lowest BCUT2D eigenvalue weighted by Gasteiger charge is -2.09. The monoisotopic (exact) mass is 258 g/mol. The second kappa shape index (κ2) is 6.07. The molecule has 0 spiro atoms. The number of thiocarbonyl (C=S) groups is 1. The normalized spacial score (nSPS) is 9.83. The summed E-state index contributed by atoms with van der Waals surface area (Å²) in [5.74, 6) is 0.740. The Bertz CT molecular complexity index is 510. The molecule has 4 nitrogen and oxygen atoms in total.